The molecule has 0 spiro atoms. The summed E-state index contributed by atoms with van der Waals surface area (Å²) in [4.78, 5) is 4.27. The summed E-state index contributed by atoms with van der Waals surface area (Å²) in [5, 5.41) is 0. The van der Waals surface area contributed by atoms with Crippen LogP contribution < -0.4 is 10.5 Å². The Kier molecular flexibility index (Phi) is 3.95. The third kappa shape index (κ3) is 2.87. The van der Waals surface area contributed by atoms with E-state index in [1.54, 1.807) is 6.20 Å². The predicted molar refractivity (Wildman–Crippen MR) is 73.0 cm³/mol. The van der Waals surface area contributed by atoms with Gasteiger partial charge in [0.2, 0.25) is 5.88 Å². The maximum Gasteiger partial charge on any atom is 0.222 e. The fourth-order valence-electron chi connectivity index (χ4n) is 1.75. The van der Waals surface area contributed by atoms with Crippen molar-refractivity contribution in [3.8, 4) is 11.6 Å². The first-order chi connectivity index (χ1) is 8.70. The van der Waals surface area contributed by atoms with Gasteiger partial charge in [-0.05, 0) is 56.1 Å². The van der Waals surface area contributed by atoms with Crippen molar-refractivity contribution in [2.45, 2.75) is 20.3 Å². The highest BCUT2D eigenvalue weighted by molar-refractivity contribution is 5.37. The van der Waals surface area contributed by atoms with Gasteiger partial charge in [0.25, 0.3) is 0 Å². The summed E-state index contributed by atoms with van der Waals surface area (Å²) < 4.78 is 5.83. The van der Waals surface area contributed by atoms with Crippen molar-refractivity contribution >= 4 is 0 Å². The van der Waals surface area contributed by atoms with E-state index in [4.69, 9.17) is 10.5 Å². The van der Waals surface area contributed by atoms with Gasteiger partial charge < -0.3 is 10.5 Å². The van der Waals surface area contributed by atoms with Gasteiger partial charge in [-0.2, -0.15) is 0 Å². The number of aromatic nitrogens is 1. The number of hydrogen-bond acceptors (Lipinski definition) is 3. The Morgan fingerprint density at radius 1 is 1.17 bits per heavy atom. The molecule has 0 amide bonds. The molecule has 0 saturated carbocycles. The van der Waals surface area contributed by atoms with Crippen LogP contribution in [0, 0.1) is 13.8 Å². The van der Waals surface area contributed by atoms with E-state index in [1.807, 2.05) is 24.3 Å². The Hall–Kier alpha value is -1.87. The summed E-state index contributed by atoms with van der Waals surface area (Å²) in [5.41, 5.74) is 9.09. The van der Waals surface area contributed by atoms with Gasteiger partial charge in [-0.1, -0.05) is 12.1 Å². The molecular weight excluding hydrogens is 224 g/mol. The molecule has 94 valence electrons. The fourth-order valence-corrected chi connectivity index (χ4v) is 1.75. The zero-order valence-corrected chi connectivity index (χ0v) is 10.8. The van der Waals surface area contributed by atoms with Crippen molar-refractivity contribution < 1.29 is 4.74 Å². The van der Waals surface area contributed by atoms with Crippen molar-refractivity contribution in [2.24, 2.45) is 5.73 Å². The molecule has 1 heterocycles. The summed E-state index contributed by atoms with van der Waals surface area (Å²) in [7, 11) is 0. The van der Waals surface area contributed by atoms with Gasteiger partial charge in [0.15, 0.2) is 0 Å². The lowest BCUT2D eigenvalue weighted by Crippen LogP contribution is -2.04. The predicted octanol–water partition coefficient (Wildman–Crippen LogP) is 2.99. The van der Waals surface area contributed by atoms with E-state index in [9.17, 15) is 0 Å². The number of pyridine rings is 1. The van der Waals surface area contributed by atoms with E-state index in [2.05, 4.69) is 24.9 Å². The summed E-state index contributed by atoms with van der Waals surface area (Å²) >= 11 is 0. The molecule has 1 aromatic heterocycles. The van der Waals surface area contributed by atoms with Crippen LogP contribution in [0.4, 0.5) is 0 Å². The molecule has 18 heavy (non-hydrogen) atoms. The third-order valence-corrected chi connectivity index (χ3v) is 2.96. The van der Waals surface area contributed by atoms with Gasteiger partial charge in [0.1, 0.15) is 5.75 Å². The van der Waals surface area contributed by atoms with Crippen LogP contribution in [-0.4, -0.2) is 11.5 Å². The zero-order valence-electron chi connectivity index (χ0n) is 10.8. The lowest BCUT2D eigenvalue weighted by Gasteiger charge is -2.10. The Balaban J connectivity index is 2.25. The Bertz CT molecular complexity index is 538. The number of aryl methyl sites for hydroxylation is 2. The van der Waals surface area contributed by atoms with Gasteiger partial charge in [-0.25, -0.2) is 4.98 Å². The molecule has 3 heteroatoms. The van der Waals surface area contributed by atoms with Gasteiger partial charge in [0.05, 0.1) is 0 Å². The topological polar surface area (TPSA) is 48.1 Å². The standard InChI is InChI=1S/C15H18N2O/c1-11-5-6-14(10-12(11)2)18-15-13(7-8-16)4-3-9-17-15/h3-6,9-10H,7-8,16H2,1-2H3. The van der Waals surface area contributed by atoms with Crippen LogP contribution >= 0.6 is 0 Å². The highest BCUT2D eigenvalue weighted by Gasteiger charge is 2.06. The second-order valence-electron chi connectivity index (χ2n) is 4.35. The summed E-state index contributed by atoms with van der Waals surface area (Å²) in [6, 6.07) is 9.93. The first-order valence-corrected chi connectivity index (χ1v) is 6.10. The molecule has 0 aliphatic heterocycles. The van der Waals surface area contributed by atoms with Crippen molar-refractivity contribution in [1.82, 2.24) is 4.98 Å². The molecular formula is C15H18N2O. The van der Waals surface area contributed by atoms with Gasteiger partial charge in [0, 0.05) is 11.8 Å². The SMILES string of the molecule is Cc1ccc(Oc2ncccc2CCN)cc1C. The molecule has 2 N–H and O–H groups in total. The third-order valence-electron chi connectivity index (χ3n) is 2.96. The largest absolute Gasteiger partial charge is 0.439 e. The van der Waals surface area contributed by atoms with Crippen molar-refractivity contribution in [3.05, 3.63) is 53.2 Å². The first kappa shape index (κ1) is 12.6. The molecule has 0 fully saturated rings. The zero-order chi connectivity index (χ0) is 13.0. The maximum atomic E-state index is 5.83. The number of nitrogens with two attached hydrogens (primary N) is 1. The van der Waals surface area contributed by atoms with Crippen molar-refractivity contribution in [1.29, 1.82) is 0 Å². The van der Waals surface area contributed by atoms with Crippen LogP contribution in [0.3, 0.4) is 0 Å². The van der Waals surface area contributed by atoms with Crippen LogP contribution in [0.5, 0.6) is 11.6 Å². The van der Waals surface area contributed by atoms with E-state index >= 15 is 0 Å². The Morgan fingerprint density at radius 3 is 2.72 bits per heavy atom. The second kappa shape index (κ2) is 5.65. The number of hydrogen-bond donors (Lipinski definition) is 1. The maximum absolute atomic E-state index is 5.83. The lowest BCUT2D eigenvalue weighted by atomic mass is 10.1. The molecule has 1 aromatic carbocycles. The molecule has 2 rings (SSSR count). The average molecular weight is 242 g/mol. The molecule has 0 aliphatic rings. The fraction of sp³-hybridized carbons (Fsp3) is 0.267. The van der Waals surface area contributed by atoms with Crippen LogP contribution in [0.2, 0.25) is 0 Å². The lowest BCUT2D eigenvalue weighted by molar-refractivity contribution is 0.455. The summed E-state index contributed by atoms with van der Waals surface area (Å²) in [6.45, 7) is 4.75. The number of nitrogens with zero attached hydrogens (tertiary/aromatic N) is 1. The van der Waals surface area contributed by atoms with E-state index in [1.165, 1.54) is 11.1 Å². The molecule has 0 atom stereocenters. The first-order valence-electron chi connectivity index (χ1n) is 6.10. The number of rotatable bonds is 4. The van der Waals surface area contributed by atoms with E-state index in [0.29, 0.717) is 12.4 Å². The highest BCUT2D eigenvalue weighted by Crippen LogP contribution is 2.24. The monoisotopic (exact) mass is 242 g/mol. The Labute approximate surface area is 108 Å². The molecule has 0 saturated heterocycles. The van der Waals surface area contributed by atoms with Crippen molar-refractivity contribution in [3.63, 3.8) is 0 Å². The number of benzene rings is 1. The number of ether oxygens (including phenoxy) is 1. The minimum Gasteiger partial charge on any atom is -0.439 e. The van der Waals surface area contributed by atoms with Gasteiger partial charge in [-0.15, -0.1) is 0 Å². The summed E-state index contributed by atoms with van der Waals surface area (Å²) in [5.74, 6) is 1.46. The smallest absolute Gasteiger partial charge is 0.222 e. The van der Waals surface area contributed by atoms with Gasteiger partial charge in [-0.3, -0.25) is 0 Å². The quantitative estimate of drug-likeness (QED) is 0.896. The molecule has 2 aromatic rings. The van der Waals surface area contributed by atoms with Crippen LogP contribution in [-0.2, 0) is 6.42 Å². The second-order valence-corrected chi connectivity index (χ2v) is 4.35. The highest BCUT2D eigenvalue weighted by atomic mass is 16.5. The van der Waals surface area contributed by atoms with Crippen LogP contribution in [0.15, 0.2) is 36.5 Å². The molecule has 0 unspecified atom stereocenters. The molecule has 0 bridgehead atoms. The molecule has 3 nitrogen and oxygen atoms in total. The van der Waals surface area contributed by atoms with E-state index in [-0.39, 0.29) is 0 Å². The minimum atomic E-state index is 0.592. The van der Waals surface area contributed by atoms with E-state index in [0.717, 1.165) is 17.7 Å². The molecule has 0 aliphatic carbocycles. The average Bonchev–Trinajstić information content (AvgIpc) is 2.37. The van der Waals surface area contributed by atoms with Crippen molar-refractivity contribution in [2.75, 3.05) is 6.54 Å². The van der Waals surface area contributed by atoms with Gasteiger partial charge >= 0.3 is 0 Å². The summed E-state index contributed by atoms with van der Waals surface area (Å²) in [6.07, 6.45) is 2.50. The van der Waals surface area contributed by atoms with E-state index < -0.39 is 0 Å². The normalized spacial score (nSPS) is 10.4. The van der Waals surface area contributed by atoms with Crippen LogP contribution in [0.25, 0.3) is 0 Å². The van der Waals surface area contributed by atoms with Crippen LogP contribution in [0.1, 0.15) is 16.7 Å². The Morgan fingerprint density at radius 2 is 2.00 bits per heavy atom. The minimum absolute atomic E-state index is 0.592. The molecule has 0 radical (unpaired) electrons.